The predicted octanol–water partition coefficient (Wildman–Crippen LogP) is 3.66. The SMILES string of the molecule is CN(C)CC(C)(C)CNCc1ccc(C(C)(C)C)cc1. The van der Waals surface area contributed by atoms with Gasteiger partial charge in [-0.05, 0) is 36.1 Å². The molecule has 0 unspecified atom stereocenters. The van der Waals surface area contributed by atoms with E-state index in [-0.39, 0.29) is 5.41 Å². The van der Waals surface area contributed by atoms with Crippen LogP contribution in [0.1, 0.15) is 45.7 Å². The summed E-state index contributed by atoms with van der Waals surface area (Å²) in [7, 11) is 4.26. The lowest BCUT2D eigenvalue weighted by molar-refractivity contribution is 0.232. The van der Waals surface area contributed by atoms with Gasteiger partial charge < -0.3 is 10.2 Å². The Balaban J connectivity index is 2.47. The number of hydrogen-bond acceptors (Lipinski definition) is 2. The average Bonchev–Trinajstić information content (AvgIpc) is 2.26. The molecule has 2 nitrogen and oxygen atoms in total. The van der Waals surface area contributed by atoms with E-state index < -0.39 is 0 Å². The molecule has 20 heavy (non-hydrogen) atoms. The maximum Gasteiger partial charge on any atom is 0.0205 e. The molecule has 0 radical (unpaired) electrons. The number of benzene rings is 1. The third-order valence-corrected chi connectivity index (χ3v) is 3.50. The maximum atomic E-state index is 3.58. The van der Waals surface area contributed by atoms with E-state index in [4.69, 9.17) is 0 Å². The Morgan fingerprint density at radius 2 is 1.50 bits per heavy atom. The first kappa shape index (κ1) is 17.2. The molecule has 0 aromatic heterocycles. The van der Waals surface area contributed by atoms with Crippen molar-refractivity contribution in [1.29, 1.82) is 0 Å². The summed E-state index contributed by atoms with van der Waals surface area (Å²) in [6.07, 6.45) is 0. The van der Waals surface area contributed by atoms with Gasteiger partial charge in [-0.2, -0.15) is 0 Å². The predicted molar refractivity (Wildman–Crippen MR) is 89.2 cm³/mol. The topological polar surface area (TPSA) is 15.3 Å². The number of nitrogens with one attached hydrogen (secondary N) is 1. The number of nitrogens with zero attached hydrogens (tertiary/aromatic N) is 1. The summed E-state index contributed by atoms with van der Waals surface area (Å²) in [4.78, 5) is 2.25. The van der Waals surface area contributed by atoms with E-state index in [1.54, 1.807) is 0 Å². The van der Waals surface area contributed by atoms with Crippen molar-refractivity contribution in [3.63, 3.8) is 0 Å². The first-order valence-corrected chi connectivity index (χ1v) is 7.55. The van der Waals surface area contributed by atoms with Gasteiger partial charge in [-0.3, -0.25) is 0 Å². The molecule has 1 N–H and O–H groups in total. The van der Waals surface area contributed by atoms with Crippen LogP contribution in [0.25, 0.3) is 0 Å². The largest absolute Gasteiger partial charge is 0.312 e. The molecule has 2 heteroatoms. The zero-order chi connectivity index (χ0) is 15.4. The Labute approximate surface area is 125 Å². The molecule has 0 saturated heterocycles. The highest BCUT2D eigenvalue weighted by Gasteiger charge is 2.18. The summed E-state index contributed by atoms with van der Waals surface area (Å²) in [5.74, 6) is 0. The number of hydrogen-bond donors (Lipinski definition) is 1. The van der Waals surface area contributed by atoms with Crippen LogP contribution in [-0.4, -0.2) is 32.1 Å². The second-order valence-corrected chi connectivity index (χ2v) is 7.95. The second-order valence-electron chi connectivity index (χ2n) is 7.95. The van der Waals surface area contributed by atoms with E-state index in [0.717, 1.165) is 19.6 Å². The summed E-state index contributed by atoms with van der Waals surface area (Å²) in [5, 5.41) is 3.58. The minimum atomic E-state index is 0.236. The molecule has 0 fully saturated rings. The van der Waals surface area contributed by atoms with Gasteiger partial charge in [0.25, 0.3) is 0 Å². The summed E-state index contributed by atoms with van der Waals surface area (Å²) in [6, 6.07) is 8.99. The smallest absolute Gasteiger partial charge is 0.0205 e. The van der Waals surface area contributed by atoms with Crippen molar-refractivity contribution < 1.29 is 0 Å². The van der Waals surface area contributed by atoms with Gasteiger partial charge in [0.2, 0.25) is 0 Å². The number of rotatable bonds is 6. The van der Waals surface area contributed by atoms with E-state index >= 15 is 0 Å². The van der Waals surface area contributed by atoms with Crippen molar-refractivity contribution >= 4 is 0 Å². The van der Waals surface area contributed by atoms with Crippen molar-refractivity contribution in [2.24, 2.45) is 5.41 Å². The summed E-state index contributed by atoms with van der Waals surface area (Å²) >= 11 is 0. The maximum absolute atomic E-state index is 3.58. The highest BCUT2D eigenvalue weighted by molar-refractivity contribution is 5.27. The van der Waals surface area contributed by atoms with Gasteiger partial charge >= 0.3 is 0 Å². The Hall–Kier alpha value is -0.860. The molecule has 0 bridgehead atoms. The van der Waals surface area contributed by atoms with Gasteiger partial charge in [0, 0.05) is 19.6 Å². The van der Waals surface area contributed by atoms with Crippen molar-refractivity contribution in [3.8, 4) is 0 Å². The van der Waals surface area contributed by atoms with Gasteiger partial charge in [-0.25, -0.2) is 0 Å². The van der Waals surface area contributed by atoms with Crippen LogP contribution in [0.5, 0.6) is 0 Å². The zero-order valence-electron chi connectivity index (χ0n) is 14.4. The molecule has 0 spiro atoms. The van der Waals surface area contributed by atoms with Gasteiger partial charge in [0.1, 0.15) is 0 Å². The lowest BCUT2D eigenvalue weighted by Gasteiger charge is -2.28. The normalized spacial score (nSPS) is 13.0. The molecule has 0 heterocycles. The Morgan fingerprint density at radius 1 is 0.950 bits per heavy atom. The van der Waals surface area contributed by atoms with E-state index in [0.29, 0.717) is 5.41 Å². The van der Waals surface area contributed by atoms with E-state index in [2.05, 4.69) is 83.2 Å². The van der Waals surface area contributed by atoms with Crippen molar-refractivity contribution in [1.82, 2.24) is 10.2 Å². The van der Waals surface area contributed by atoms with Crippen molar-refractivity contribution in [2.45, 2.75) is 46.6 Å². The van der Waals surface area contributed by atoms with Crippen LogP contribution in [0.2, 0.25) is 0 Å². The summed E-state index contributed by atoms with van der Waals surface area (Å²) < 4.78 is 0. The van der Waals surface area contributed by atoms with Crippen LogP contribution in [0.3, 0.4) is 0 Å². The van der Waals surface area contributed by atoms with E-state index in [9.17, 15) is 0 Å². The minimum absolute atomic E-state index is 0.236. The molecule has 0 aliphatic carbocycles. The van der Waals surface area contributed by atoms with Crippen LogP contribution in [-0.2, 0) is 12.0 Å². The molecular formula is C18H32N2. The molecule has 0 amide bonds. The fourth-order valence-corrected chi connectivity index (χ4v) is 2.58. The molecular weight excluding hydrogens is 244 g/mol. The molecule has 1 aromatic rings. The third-order valence-electron chi connectivity index (χ3n) is 3.50. The average molecular weight is 276 g/mol. The van der Waals surface area contributed by atoms with Gasteiger partial charge in [0.05, 0.1) is 0 Å². The standard InChI is InChI=1S/C18H32N2/c1-17(2,3)16-10-8-15(9-11-16)12-19-13-18(4,5)14-20(6)7/h8-11,19H,12-14H2,1-7H3. The quantitative estimate of drug-likeness (QED) is 0.853. The first-order chi connectivity index (χ1) is 9.10. The Bertz CT molecular complexity index is 396. The lowest BCUT2D eigenvalue weighted by atomic mass is 9.87. The zero-order valence-corrected chi connectivity index (χ0v) is 14.4. The van der Waals surface area contributed by atoms with Crippen molar-refractivity contribution in [3.05, 3.63) is 35.4 Å². The lowest BCUT2D eigenvalue weighted by Crippen LogP contribution is -2.37. The van der Waals surface area contributed by atoms with Crippen molar-refractivity contribution in [2.75, 3.05) is 27.2 Å². The van der Waals surface area contributed by atoms with Crippen LogP contribution in [0.4, 0.5) is 0 Å². The fourth-order valence-electron chi connectivity index (χ4n) is 2.58. The monoisotopic (exact) mass is 276 g/mol. The molecule has 0 aliphatic heterocycles. The Kier molecular flexibility index (Phi) is 5.79. The third kappa shape index (κ3) is 6.06. The second kappa shape index (κ2) is 6.73. The van der Waals surface area contributed by atoms with Crippen LogP contribution in [0.15, 0.2) is 24.3 Å². The van der Waals surface area contributed by atoms with Crippen LogP contribution < -0.4 is 5.32 Å². The van der Waals surface area contributed by atoms with Gasteiger partial charge in [-0.15, -0.1) is 0 Å². The molecule has 0 aliphatic rings. The summed E-state index contributed by atoms with van der Waals surface area (Å²) in [5.41, 5.74) is 3.29. The van der Waals surface area contributed by atoms with E-state index in [1.165, 1.54) is 11.1 Å². The first-order valence-electron chi connectivity index (χ1n) is 7.55. The highest BCUT2D eigenvalue weighted by Crippen LogP contribution is 2.22. The fraction of sp³-hybridized carbons (Fsp3) is 0.667. The van der Waals surface area contributed by atoms with E-state index in [1.807, 2.05) is 0 Å². The highest BCUT2D eigenvalue weighted by atomic mass is 15.1. The molecule has 1 rings (SSSR count). The van der Waals surface area contributed by atoms with Gasteiger partial charge in [0.15, 0.2) is 0 Å². The summed E-state index contributed by atoms with van der Waals surface area (Å²) in [6.45, 7) is 14.5. The van der Waals surface area contributed by atoms with Crippen LogP contribution in [0, 0.1) is 5.41 Å². The Morgan fingerprint density at radius 3 is 1.95 bits per heavy atom. The molecule has 114 valence electrons. The minimum Gasteiger partial charge on any atom is -0.312 e. The molecule has 0 atom stereocenters. The van der Waals surface area contributed by atoms with Crippen LogP contribution >= 0.6 is 0 Å². The molecule has 1 aromatic carbocycles. The molecule has 0 saturated carbocycles. The van der Waals surface area contributed by atoms with Gasteiger partial charge in [-0.1, -0.05) is 58.9 Å².